The van der Waals surface area contributed by atoms with Crippen LogP contribution in [-0.4, -0.2) is 46.0 Å². The Morgan fingerprint density at radius 3 is 2.12 bits per heavy atom. The average molecular weight is 459 g/mol. The van der Waals surface area contributed by atoms with Crippen LogP contribution in [0.4, 0.5) is 28.7 Å². The van der Waals surface area contributed by atoms with Gasteiger partial charge in [0.2, 0.25) is 11.6 Å². The number of ether oxygens (including phenoxy) is 2. The first-order chi connectivity index (χ1) is 15.3. The molecule has 0 unspecified atom stereocenters. The second-order valence-electron chi connectivity index (χ2n) is 6.05. The highest BCUT2D eigenvalue weighted by Gasteiger charge is 2.25. The Morgan fingerprint density at radius 1 is 1.00 bits per heavy atom. The lowest BCUT2D eigenvalue weighted by molar-refractivity contribution is -0.383. The van der Waals surface area contributed by atoms with Crippen LogP contribution in [0.1, 0.15) is 20.7 Å². The lowest BCUT2D eigenvalue weighted by Gasteiger charge is -2.12. The minimum absolute atomic E-state index is 0.0232. The van der Waals surface area contributed by atoms with E-state index in [1.165, 1.54) is 38.6 Å². The van der Waals surface area contributed by atoms with Gasteiger partial charge in [0.05, 0.1) is 36.0 Å². The van der Waals surface area contributed by atoms with Crippen LogP contribution in [0, 0.1) is 10.1 Å². The predicted octanol–water partition coefficient (Wildman–Crippen LogP) is 3.49. The summed E-state index contributed by atoms with van der Waals surface area (Å²) in [5, 5.41) is 17.4. The highest BCUT2D eigenvalue weighted by Crippen LogP contribution is 2.34. The van der Waals surface area contributed by atoms with Crippen LogP contribution < -0.4 is 10.6 Å². The number of benzene rings is 1. The number of methoxy groups -OCH3 is 2. The summed E-state index contributed by atoms with van der Waals surface area (Å²) in [6, 6.07) is 7.11. The van der Waals surface area contributed by atoms with E-state index in [4.69, 9.17) is 11.6 Å². The Balaban J connectivity index is 2.05. The molecule has 0 saturated carbocycles. The molecule has 0 atom stereocenters. The first kappa shape index (κ1) is 22.4. The third-order valence-corrected chi connectivity index (χ3v) is 4.36. The van der Waals surface area contributed by atoms with E-state index >= 15 is 0 Å². The number of pyridine rings is 1. The summed E-state index contributed by atoms with van der Waals surface area (Å²) in [5.41, 5.74) is -0.0104. The van der Waals surface area contributed by atoms with E-state index in [-0.39, 0.29) is 33.6 Å². The van der Waals surface area contributed by atoms with Gasteiger partial charge in [-0.15, -0.1) is 0 Å². The van der Waals surface area contributed by atoms with Gasteiger partial charge >= 0.3 is 17.6 Å². The van der Waals surface area contributed by atoms with Crippen molar-refractivity contribution in [3.63, 3.8) is 0 Å². The Morgan fingerprint density at radius 2 is 1.59 bits per heavy atom. The van der Waals surface area contributed by atoms with E-state index in [9.17, 15) is 19.7 Å². The minimum atomic E-state index is -0.718. The molecule has 3 rings (SSSR count). The summed E-state index contributed by atoms with van der Waals surface area (Å²) in [4.78, 5) is 46.8. The number of esters is 2. The SMILES string of the molecule is COC(=O)c1cc(Nc2ncnc(Nc3cccnc3Cl)c2[N+](=O)[O-])cc(C(=O)OC)c1. The summed E-state index contributed by atoms with van der Waals surface area (Å²) < 4.78 is 9.37. The number of nitro groups is 1. The van der Waals surface area contributed by atoms with Crippen LogP contribution in [0.3, 0.4) is 0 Å². The van der Waals surface area contributed by atoms with Crippen molar-refractivity contribution in [3.05, 3.63) is 69.3 Å². The molecule has 0 saturated heterocycles. The van der Waals surface area contributed by atoms with Crippen molar-refractivity contribution >= 4 is 52.2 Å². The summed E-state index contributed by atoms with van der Waals surface area (Å²) in [6.45, 7) is 0. The van der Waals surface area contributed by atoms with E-state index in [1.807, 2.05) is 0 Å². The van der Waals surface area contributed by atoms with Crippen molar-refractivity contribution in [1.29, 1.82) is 0 Å². The maximum atomic E-state index is 12.0. The fourth-order valence-electron chi connectivity index (χ4n) is 2.65. The van der Waals surface area contributed by atoms with Crippen molar-refractivity contribution in [2.24, 2.45) is 0 Å². The van der Waals surface area contributed by atoms with Crippen LogP contribution in [-0.2, 0) is 9.47 Å². The van der Waals surface area contributed by atoms with E-state index in [0.29, 0.717) is 5.69 Å². The average Bonchev–Trinajstić information content (AvgIpc) is 2.79. The first-order valence-corrected chi connectivity index (χ1v) is 9.17. The van der Waals surface area contributed by atoms with Crippen LogP contribution in [0.15, 0.2) is 42.9 Å². The molecule has 0 aliphatic heterocycles. The number of aromatic nitrogens is 3. The summed E-state index contributed by atoms with van der Waals surface area (Å²) in [6.07, 6.45) is 2.55. The number of nitrogens with one attached hydrogen (secondary N) is 2. The molecular weight excluding hydrogens is 444 g/mol. The van der Waals surface area contributed by atoms with Gasteiger partial charge in [0.15, 0.2) is 5.15 Å². The van der Waals surface area contributed by atoms with Crippen molar-refractivity contribution in [2.45, 2.75) is 0 Å². The van der Waals surface area contributed by atoms with E-state index in [2.05, 4.69) is 35.1 Å². The fourth-order valence-corrected chi connectivity index (χ4v) is 2.82. The minimum Gasteiger partial charge on any atom is -0.465 e. The number of anilines is 4. The Kier molecular flexibility index (Phi) is 6.75. The Bertz CT molecular complexity index is 1170. The zero-order valence-corrected chi connectivity index (χ0v) is 17.4. The Hall–Kier alpha value is -4.32. The highest BCUT2D eigenvalue weighted by molar-refractivity contribution is 6.32. The lowest BCUT2D eigenvalue weighted by Crippen LogP contribution is -2.09. The molecule has 13 heteroatoms. The quantitative estimate of drug-likeness (QED) is 0.231. The summed E-state index contributed by atoms with van der Waals surface area (Å²) in [5.74, 6) is -1.79. The predicted molar refractivity (Wildman–Crippen MR) is 114 cm³/mol. The summed E-state index contributed by atoms with van der Waals surface area (Å²) >= 11 is 6.01. The molecule has 0 radical (unpaired) electrons. The summed E-state index contributed by atoms with van der Waals surface area (Å²) in [7, 11) is 2.36. The van der Waals surface area contributed by atoms with Gasteiger partial charge in [0.1, 0.15) is 6.33 Å². The standard InChI is InChI=1S/C19H15ClN6O6/c1-31-18(27)10-6-11(19(28)32-2)8-12(7-10)24-16-14(26(29)30)17(23-9-22-16)25-13-4-3-5-21-15(13)20/h3-9H,1-2H3,(H2,22,23,24,25). The monoisotopic (exact) mass is 458 g/mol. The van der Waals surface area contributed by atoms with E-state index in [0.717, 1.165) is 6.33 Å². The fraction of sp³-hybridized carbons (Fsp3) is 0.105. The van der Waals surface area contributed by atoms with Crippen LogP contribution in [0.2, 0.25) is 5.15 Å². The van der Waals surface area contributed by atoms with Crippen molar-refractivity contribution < 1.29 is 24.0 Å². The zero-order valence-electron chi connectivity index (χ0n) is 16.7. The van der Waals surface area contributed by atoms with Gasteiger partial charge in [-0.25, -0.2) is 24.5 Å². The third-order valence-electron chi connectivity index (χ3n) is 4.05. The molecule has 164 valence electrons. The van der Waals surface area contributed by atoms with Gasteiger partial charge in [0, 0.05) is 11.9 Å². The number of halogens is 1. The molecule has 2 aromatic heterocycles. The molecule has 0 aliphatic carbocycles. The van der Waals surface area contributed by atoms with Gasteiger partial charge in [-0.05, 0) is 30.3 Å². The number of rotatable bonds is 7. The number of nitrogens with zero attached hydrogens (tertiary/aromatic N) is 4. The van der Waals surface area contributed by atoms with Gasteiger partial charge in [-0.3, -0.25) is 10.1 Å². The molecule has 12 nitrogen and oxygen atoms in total. The van der Waals surface area contributed by atoms with Gasteiger partial charge in [-0.2, -0.15) is 0 Å². The number of hydrogen-bond donors (Lipinski definition) is 2. The van der Waals surface area contributed by atoms with Crippen molar-refractivity contribution in [1.82, 2.24) is 15.0 Å². The van der Waals surface area contributed by atoms with Crippen LogP contribution >= 0.6 is 11.6 Å². The lowest BCUT2D eigenvalue weighted by atomic mass is 10.1. The molecule has 0 aliphatic rings. The maximum absolute atomic E-state index is 12.0. The smallest absolute Gasteiger partial charge is 0.353 e. The Labute approximate surface area is 185 Å². The third kappa shape index (κ3) is 4.87. The molecule has 2 N–H and O–H groups in total. The topological polar surface area (TPSA) is 158 Å². The second kappa shape index (κ2) is 9.66. The molecule has 0 spiro atoms. The maximum Gasteiger partial charge on any atom is 0.353 e. The molecular formula is C19H15ClN6O6. The van der Waals surface area contributed by atoms with Crippen LogP contribution in [0.25, 0.3) is 0 Å². The first-order valence-electron chi connectivity index (χ1n) is 8.79. The zero-order chi connectivity index (χ0) is 23.3. The van der Waals surface area contributed by atoms with Crippen molar-refractivity contribution in [2.75, 3.05) is 24.9 Å². The molecule has 0 bridgehead atoms. The highest BCUT2D eigenvalue weighted by atomic mass is 35.5. The largest absolute Gasteiger partial charge is 0.465 e. The molecule has 3 aromatic rings. The number of carbonyl (C=O) groups excluding carboxylic acids is 2. The van der Waals surface area contributed by atoms with E-state index < -0.39 is 22.5 Å². The van der Waals surface area contributed by atoms with Crippen molar-refractivity contribution in [3.8, 4) is 0 Å². The molecule has 2 heterocycles. The van der Waals surface area contributed by atoms with Gasteiger partial charge < -0.3 is 20.1 Å². The second-order valence-corrected chi connectivity index (χ2v) is 6.41. The number of hydrogen-bond acceptors (Lipinski definition) is 11. The normalized spacial score (nSPS) is 10.2. The molecule has 0 fully saturated rings. The molecule has 0 amide bonds. The van der Waals surface area contributed by atoms with Gasteiger partial charge in [-0.1, -0.05) is 11.6 Å². The van der Waals surface area contributed by atoms with Gasteiger partial charge in [0.25, 0.3) is 0 Å². The number of carbonyl (C=O) groups is 2. The van der Waals surface area contributed by atoms with E-state index in [1.54, 1.807) is 12.1 Å². The molecule has 1 aromatic carbocycles. The van der Waals surface area contributed by atoms with Crippen LogP contribution in [0.5, 0.6) is 0 Å². The molecule has 32 heavy (non-hydrogen) atoms.